The van der Waals surface area contributed by atoms with Crippen LogP contribution in [0.2, 0.25) is 0 Å². The van der Waals surface area contributed by atoms with Crippen LogP contribution in [0.4, 0.5) is 0 Å². The maximum absolute atomic E-state index is 12.0. The molecular weight excluding hydrogens is 318 g/mol. The summed E-state index contributed by atoms with van der Waals surface area (Å²) >= 11 is 0. The van der Waals surface area contributed by atoms with Gasteiger partial charge in [0.25, 0.3) is 5.56 Å². The zero-order valence-electron chi connectivity index (χ0n) is 14.2. The third-order valence-corrected chi connectivity index (χ3v) is 3.99. The lowest BCUT2D eigenvalue weighted by Gasteiger charge is -2.09. The van der Waals surface area contributed by atoms with Crippen LogP contribution >= 0.6 is 0 Å². The Bertz CT molecular complexity index is 1010. The van der Waals surface area contributed by atoms with E-state index >= 15 is 0 Å². The minimum Gasteiger partial charge on any atom is -0.489 e. The van der Waals surface area contributed by atoms with Crippen molar-refractivity contribution in [1.29, 1.82) is 5.26 Å². The smallest absolute Gasteiger partial charge is 0.266 e. The van der Waals surface area contributed by atoms with Gasteiger partial charge in [-0.15, -0.1) is 0 Å². The molecule has 3 rings (SSSR count). The van der Waals surface area contributed by atoms with E-state index in [1.165, 1.54) is 0 Å². The predicted molar refractivity (Wildman–Crippen MR) is 92.3 cm³/mol. The molecule has 25 heavy (non-hydrogen) atoms. The molecule has 0 unspecified atom stereocenters. The Balaban J connectivity index is 1.93. The zero-order chi connectivity index (χ0) is 18.0. The van der Waals surface area contributed by atoms with Crippen LogP contribution < -0.4 is 10.3 Å². The number of aryl methyl sites for hydroxylation is 3. The first kappa shape index (κ1) is 16.5. The quantitative estimate of drug-likeness (QED) is 0.789. The van der Waals surface area contributed by atoms with Crippen molar-refractivity contribution < 1.29 is 9.26 Å². The number of pyridine rings is 1. The van der Waals surface area contributed by atoms with E-state index in [-0.39, 0.29) is 11.1 Å². The van der Waals surface area contributed by atoms with Crippen molar-refractivity contribution in [1.82, 2.24) is 10.1 Å². The molecule has 1 aromatic carbocycles. The summed E-state index contributed by atoms with van der Waals surface area (Å²) in [6.07, 6.45) is 0. The van der Waals surface area contributed by atoms with Crippen LogP contribution in [0.3, 0.4) is 0 Å². The molecule has 0 bridgehead atoms. The van der Waals surface area contributed by atoms with E-state index < -0.39 is 0 Å². The fourth-order valence-electron chi connectivity index (χ4n) is 2.64. The van der Waals surface area contributed by atoms with E-state index in [1.807, 2.05) is 44.2 Å². The highest BCUT2D eigenvalue weighted by Crippen LogP contribution is 2.26. The van der Waals surface area contributed by atoms with Crippen LogP contribution in [0.15, 0.2) is 39.6 Å². The maximum atomic E-state index is 12.0. The van der Waals surface area contributed by atoms with Gasteiger partial charge >= 0.3 is 0 Å². The molecule has 0 aliphatic heterocycles. The minimum atomic E-state index is -0.389. The summed E-state index contributed by atoms with van der Waals surface area (Å²) < 4.78 is 11.0. The van der Waals surface area contributed by atoms with Gasteiger partial charge in [0.2, 0.25) is 0 Å². The molecule has 0 amide bonds. The number of nitrogens with zero attached hydrogens (tertiary/aromatic N) is 2. The van der Waals surface area contributed by atoms with Crippen LogP contribution in [0.25, 0.3) is 11.1 Å². The Morgan fingerprint density at radius 1 is 1.28 bits per heavy atom. The first-order chi connectivity index (χ1) is 12.0. The normalized spacial score (nSPS) is 10.5. The molecule has 0 aliphatic carbocycles. The molecule has 126 valence electrons. The summed E-state index contributed by atoms with van der Waals surface area (Å²) in [7, 11) is 0. The Kier molecular flexibility index (Phi) is 4.40. The second-order valence-corrected chi connectivity index (χ2v) is 5.80. The molecular formula is C19H17N3O3. The van der Waals surface area contributed by atoms with Gasteiger partial charge in [0, 0.05) is 11.3 Å². The number of hydrogen-bond acceptors (Lipinski definition) is 5. The number of H-pyrrole nitrogens is 1. The lowest BCUT2D eigenvalue weighted by Crippen LogP contribution is -2.12. The molecule has 0 radical (unpaired) electrons. The number of aromatic amines is 1. The van der Waals surface area contributed by atoms with Crippen molar-refractivity contribution in [3.05, 3.63) is 69.0 Å². The molecule has 3 aromatic rings. The predicted octanol–water partition coefficient (Wildman–Crippen LogP) is 3.41. The number of benzene rings is 1. The molecule has 0 atom stereocenters. The molecule has 0 saturated heterocycles. The van der Waals surface area contributed by atoms with Crippen LogP contribution in [0.1, 0.15) is 28.3 Å². The third kappa shape index (κ3) is 3.31. The Labute approximate surface area is 144 Å². The zero-order valence-corrected chi connectivity index (χ0v) is 14.2. The molecule has 1 N–H and O–H groups in total. The lowest BCUT2D eigenvalue weighted by atomic mass is 10.0. The molecule has 2 heterocycles. The van der Waals surface area contributed by atoms with Gasteiger partial charge < -0.3 is 14.2 Å². The van der Waals surface area contributed by atoms with Gasteiger partial charge in [0.1, 0.15) is 29.7 Å². The van der Waals surface area contributed by atoms with Crippen LogP contribution in [0.5, 0.6) is 5.75 Å². The first-order valence-electron chi connectivity index (χ1n) is 7.78. The molecule has 2 aromatic heterocycles. The van der Waals surface area contributed by atoms with Crippen molar-refractivity contribution >= 4 is 0 Å². The highest BCUT2D eigenvalue weighted by atomic mass is 16.5. The van der Waals surface area contributed by atoms with Crippen molar-refractivity contribution in [2.24, 2.45) is 0 Å². The molecule has 6 nitrogen and oxygen atoms in total. The van der Waals surface area contributed by atoms with Gasteiger partial charge in [-0.1, -0.05) is 17.3 Å². The number of nitrogens with one attached hydrogen (secondary N) is 1. The van der Waals surface area contributed by atoms with E-state index in [9.17, 15) is 10.1 Å². The summed E-state index contributed by atoms with van der Waals surface area (Å²) in [4.78, 5) is 14.6. The standard InChI is InChI=1S/C19H17N3O3/c1-11-7-16(17(9-20)19(23)21-11)14-5-4-6-15(8-14)24-10-18-12(2)22-25-13(18)3/h4-8H,10H2,1-3H3,(H,21,23). The lowest BCUT2D eigenvalue weighted by molar-refractivity contribution is 0.302. The van der Waals surface area contributed by atoms with E-state index in [2.05, 4.69) is 10.1 Å². The fraction of sp³-hybridized carbons (Fsp3) is 0.211. The first-order valence-corrected chi connectivity index (χ1v) is 7.78. The average Bonchev–Trinajstić information content (AvgIpc) is 2.91. The SMILES string of the molecule is Cc1cc(-c2cccc(OCc3c(C)noc3C)c2)c(C#N)c(=O)[nH]1. The summed E-state index contributed by atoms with van der Waals surface area (Å²) in [5, 5.41) is 13.2. The van der Waals surface area contributed by atoms with E-state index in [0.29, 0.717) is 23.6 Å². The van der Waals surface area contributed by atoms with Crippen LogP contribution in [-0.4, -0.2) is 10.1 Å². The van der Waals surface area contributed by atoms with Crippen molar-refractivity contribution in [2.45, 2.75) is 27.4 Å². The largest absolute Gasteiger partial charge is 0.489 e. The van der Waals surface area contributed by atoms with Gasteiger partial charge in [0.05, 0.1) is 11.3 Å². The van der Waals surface area contributed by atoms with Gasteiger partial charge in [-0.2, -0.15) is 5.26 Å². The van der Waals surface area contributed by atoms with E-state index in [0.717, 1.165) is 22.6 Å². The van der Waals surface area contributed by atoms with Crippen LogP contribution in [-0.2, 0) is 6.61 Å². The monoisotopic (exact) mass is 335 g/mol. The van der Waals surface area contributed by atoms with Crippen LogP contribution in [0, 0.1) is 32.1 Å². The van der Waals surface area contributed by atoms with Gasteiger partial charge in [0.15, 0.2) is 0 Å². The number of rotatable bonds is 4. The molecule has 0 saturated carbocycles. The number of ether oxygens (including phenoxy) is 1. The minimum absolute atomic E-state index is 0.0912. The molecule has 0 fully saturated rings. The molecule has 0 spiro atoms. The summed E-state index contributed by atoms with van der Waals surface area (Å²) in [5.41, 5.74) is 3.45. The Morgan fingerprint density at radius 3 is 2.76 bits per heavy atom. The highest BCUT2D eigenvalue weighted by Gasteiger charge is 2.12. The average molecular weight is 335 g/mol. The topological polar surface area (TPSA) is 91.9 Å². The van der Waals surface area contributed by atoms with Gasteiger partial charge in [-0.05, 0) is 44.5 Å². The van der Waals surface area contributed by atoms with Crippen molar-refractivity contribution in [3.63, 3.8) is 0 Å². The molecule has 0 aliphatic rings. The maximum Gasteiger partial charge on any atom is 0.266 e. The van der Waals surface area contributed by atoms with Gasteiger partial charge in [-0.3, -0.25) is 4.79 Å². The second kappa shape index (κ2) is 6.65. The number of nitriles is 1. The summed E-state index contributed by atoms with van der Waals surface area (Å²) in [6, 6.07) is 11.1. The van der Waals surface area contributed by atoms with Gasteiger partial charge in [-0.25, -0.2) is 0 Å². The highest BCUT2D eigenvalue weighted by molar-refractivity contribution is 5.71. The van der Waals surface area contributed by atoms with E-state index in [1.54, 1.807) is 13.0 Å². The summed E-state index contributed by atoms with van der Waals surface area (Å²) in [6.45, 7) is 5.82. The van der Waals surface area contributed by atoms with Crippen molar-refractivity contribution in [3.8, 4) is 22.9 Å². The Morgan fingerprint density at radius 2 is 2.08 bits per heavy atom. The molecule has 6 heteroatoms. The van der Waals surface area contributed by atoms with E-state index in [4.69, 9.17) is 9.26 Å². The number of aromatic nitrogens is 2. The van der Waals surface area contributed by atoms with Crippen molar-refractivity contribution in [2.75, 3.05) is 0 Å². The fourth-order valence-corrected chi connectivity index (χ4v) is 2.64. The Hall–Kier alpha value is -3.33. The summed E-state index contributed by atoms with van der Waals surface area (Å²) in [5.74, 6) is 1.37. The second-order valence-electron chi connectivity index (χ2n) is 5.80. The number of hydrogen-bond donors (Lipinski definition) is 1. The third-order valence-electron chi connectivity index (χ3n) is 3.99.